The summed E-state index contributed by atoms with van der Waals surface area (Å²) in [4.78, 5) is 2.85. The fraction of sp³-hybridized carbons (Fsp3) is 0.125. The van der Waals surface area contributed by atoms with Gasteiger partial charge in [0.25, 0.3) is 0 Å². The van der Waals surface area contributed by atoms with E-state index in [0.29, 0.717) is 5.96 Å². The quantitative estimate of drug-likeness (QED) is 0.145. The lowest BCUT2D eigenvalue weighted by molar-refractivity contribution is -0.358. The summed E-state index contributed by atoms with van der Waals surface area (Å²) in [5.41, 5.74) is 8.55. The zero-order valence-corrected chi connectivity index (χ0v) is 9.91. The van der Waals surface area contributed by atoms with Crippen LogP contribution in [0.15, 0.2) is 24.3 Å². The number of guanidine groups is 1. The molecule has 1 aromatic rings. The zero-order valence-electron chi connectivity index (χ0n) is 7.75. The molecule has 0 saturated carbocycles. The first kappa shape index (κ1) is 13.0. The first-order valence-electron chi connectivity index (χ1n) is 3.76. The van der Waals surface area contributed by atoms with E-state index in [4.69, 9.17) is 16.3 Å². The molecule has 0 heterocycles. The number of ether oxygens (including phenoxy) is 1. The Kier molecular flexibility index (Phi) is 5.97. The molecule has 0 fully saturated rings. The van der Waals surface area contributed by atoms with Crippen LogP contribution in [-0.2, 0) is 0 Å². The molecule has 0 aliphatic carbocycles. The third-order valence-corrected chi connectivity index (χ3v) is 1.52. The summed E-state index contributed by atoms with van der Waals surface area (Å²) in [5.74, 6) is 6.17. The summed E-state index contributed by atoms with van der Waals surface area (Å²) >= 11 is 0. The van der Waals surface area contributed by atoms with Gasteiger partial charge in [0.2, 0.25) is 0 Å². The topological polar surface area (TPSA) is 87.3 Å². The van der Waals surface area contributed by atoms with Crippen LogP contribution in [0.3, 0.4) is 0 Å². The van der Waals surface area contributed by atoms with Crippen molar-refractivity contribution in [2.75, 3.05) is 7.11 Å². The monoisotopic (exact) mass is 308 g/mol. The van der Waals surface area contributed by atoms with Gasteiger partial charge >= 0.3 is 5.96 Å². The van der Waals surface area contributed by atoms with Crippen molar-refractivity contribution in [3.63, 3.8) is 0 Å². The van der Waals surface area contributed by atoms with Gasteiger partial charge in [-0.05, 0) is 24.3 Å². The van der Waals surface area contributed by atoms with Gasteiger partial charge < -0.3 is 28.7 Å². The highest BCUT2D eigenvalue weighted by atomic mass is 127. The van der Waals surface area contributed by atoms with Crippen LogP contribution in [0.2, 0.25) is 0 Å². The second-order valence-electron chi connectivity index (χ2n) is 2.41. The Bertz CT molecular complexity index is 299. The standard InChI is InChI=1S/C8H12N4O.HI/c1-13-7-4-2-6(3-5-7)11-8(9)12-10;/h2-5H,10H2,1H3,(H3,9,11,12);1H. The van der Waals surface area contributed by atoms with Crippen LogP contribution in [0, 0.1) is 0 Å². The van der Waals surface area contributed by atoms with E-state index < -0.39 is 0 Å². The average molecular weight is 308 g/mol. The summed E-state index contributed by atoms with van der Waals surface area (Å²) in [5, 5.41) is 0. The van der Waals surface area contributed by atoms with Gasteiger partial charge in [0.15, 0.2) is 0 Å². The molecule has 0 aliphatic rings. The van der Waals surface area contributed by atoms with Crippen LogP contribution < -0.4 is 50.7 Å². The maximum Gasteiger partial charge on any atom is 0.363 e. The van der Waals surface area contributed by atoms with Crippen molar-refractivity contribution in [1.29, 1.82) is 0 Å². The van der Waals surface area contributed by atoms with Gasteiger partial charge in [0.1, 0.15) is 5.75 Å². The Labute approximate surface area is 99.5 Å². The Morgan fingerprint density at radius 3 is 2.36 bits per heavy atom. The zero-order chi connectivity index (χ0) is 9.68. The highest BCUT2D eigenvalue weighted by Crippen LogP contribution is 2.10. The second kappa shape index (κ2) is 6.44. The molecule has 1 rings (SSSR count). The lowest BCUT2D eigenvalue weighted by Gasteiger charge is -1.98. The van der Waals surface area contributed by atoms with Crippen molar-refractivity contribution in [2.45, 2.75) is 0 Å². The van der Waals surface area contributed by atoms with E-state index in [9.17, 15) is 0 Å². The van der Waals surface area contributed by atoms with Crippen LogP contribution >= 0.6 is 0 Å². The van der Waals surface area contributed by atoms with Crippen molar-refractivity contribution in [2.24, 2.45) is 11.6 Å². The molecule has 0 atom stereocenters. The predicted molar refractivity (Wildman–Crippen MR) is 50.1 cm³/mol. The van der Waals surface area contributed by atoms with E-state index in [1.54, 1.807) is 7.11 Å². The molecule has 14 heavy (non-hydrogen) atoms. The van der Waals surface area contributed by atoms with E-state index in [0.717, 1.165) is 11.4 Å². The van der Waals surface area contributed by atoms with Crippen molar-refractivity contribution in [1.82, 2.24) is 5.43 Å². The molecular formula is C8H13IN4O. The number of rotatable bonds is 2. The minimum Gasteiger partial charge on any atom is -1.00 e. The Morgan fingerprint density at radius 1 is 1.36 bits per heavy atom. The average Bonchev–Trinajstić information content (AvgIpc) is 2.19. The van der Waals surface area contributed by atoms with Gasteiger partial charge in [0, 0.05) is 0 Å². The fourth-order valence-electron chi connectivity index (χ4n) is 0.866. The highest BCUT2D eigenvalue weighted by Gasteiger charge is 1.95. The van der Waals surface area contributed by atoms with Crippen molar-refractivity contribution < 1.29 is 33.7 Å². The smallest absolute Gasteiger partial charge is 0.363 e. The molecule has 0 unspecified atom stereocenters. The maximum atomic E-state index is 5.41. The molecule has 0 radical (unpaired) electrons. The van der Waals surface area contributed by atoms with Crippen LogP contribution in [0.1, 0.15) is 0 Å². The van der Waals surface area contributed by atoms with Crippen LogP contribution in [0.5, 0.6) is 5.75 Å². The van der Waals surface area contributed by atoms with Gasteiger partial charge in [-0.3, -0.25) is 5.73 Å². The highest BCUT2D eigenvalue weighted by molar-refractivity contribution is 5.71. The second-order valence-corrected chi connectivity index (χ2v) is 2.41. The summed E-state index contributed by atoms with van der Waals surface area (Å²) in [6, 6.07) is 7.32. The third-order valence-electron chi connectivity index (χ3n) is 1.52. The van der Waals surface area contributed by atoms with Crippen molar-refractivity contribution in [3.05, 3.63) is 24.3 Å². The first-order chi connectivity index (χ1) is 6.26. The number of hydrogen-bond acceptors (Lipinski definition) is 2. The third kappa shape index (κ3) is 3.79. The Balaban J connectivity index is 0.00000169. The molecule has 6 N–H and O–H groups in total. The van der Waals surface area contributed by atoms with Gasteiger partial charge in [-0.2, -0.15) is 5.84 Å². The molecule has 0 bridgehead atoms. The summed E-state index contributed by atoms with van der Waals surface area (Å²) in [6.45, 7) is 0. The summed E-state index contributed by atoms with van der Waals surface area (Å²) in [6.07, 6.45) is 0. The van der Waals surface area contributed by atoms with Gasteiger partial charge in [0.05, 0.1) is 12.8 Å². The molecule has 78 valence electrons. The number of halogens is 1. The number of hydrazine groups is 1. The van der Waals surface area contributed by atoms with Gasteiger partial charge in [-0.25, -0.2) is 10.4 Å². The van der Waals surface area contributed by atoms with Crippen LogP contribution in [0.25, 0.3) is 0 Å². The minimum atomic E-state index is 0. The number of methoxy groups -OCH3 is 1. The lowest BCUT2D eigenvalue weighted by atomic mass is 10.3. The van der Waals surface area contributed by atoms with Crippen molar-refractivity contribution in [3.8, 4) is 5.75 Å². The van der Waals surface area contributed by atoms with Gasteiger partial charge in [-0.15, -0.1) is 0 Å². The normalized spacial score (nSPS) is 10.3. The number of nitrogens with one attached hydrogen (secondary N) is 2. The van der Waals surface area contributed by atoms with E-state index in [2.05, 4.69) is 10.4 Å². The molecule has 0 amide bonds. The number of benzene rings is 1. The molecule has 0 spiro atoms. The molecule has 0 saturated heterocycles. The Hall–Kier alpha value is -1.02. The van der Waals surface area contributed by atoms with Crippen LogP contribution in [-0.4, -0.2) is 13.1 Å². The minimum absolute atomic E-state index is 0. The number of nitrogens with two attached hydrogens (primary N) is 2. The fourth-order valence-corrected chi connectivity index (χ4v) is 0.866. The van der Waals surface area contributed by atoms with E-state index in [1.807, 2.05) is 24.3 Å². The predicted octanol–water partition coefficient (Wildman–Crippen LogP) is -4.81. The molecule has 1 aromatic carbocycles. The molecule has 6 heteroatoms. The molecular weight excluding hydrogens is 295 g/mol. The maximum absolute atomic E-state index is 5.41. The van der Waals surface area contributed by atoms with Crippen LogP contribution in [0.4, 0.5) is 5.69 Å². The largest absolute Gasteiger partial charge is 1.00 e. The van der Waals surface area contributed by atoms with E-state index >= 15 is 0 Å². The summed E-state index contributed by atoms with van der Waals surface area (Å²) < 4.78 is 4.99. The van der Waals surface area contributed by atoms with Crippen molar-refractivity contribution >= 4 is 11.6 Å². The summed E-state index contributed by atoms with van der Waals surface area (Å²) in [7, 11) is 1.62. The lowest BCUT2D eigenvalue weighted by Crippen LogP contribution is -3.00. The SMILES string of the molecule is COc1ccc([NH+]=C(N)NN)cc1.[I-]. The molecule has 0 aliphatic heterocycles. The van der Waals surface area contributed by atoms with E-state index in [1.165, 1.54) is 0 Å². The molecule has 5 nitrogen and oxygen atoms in total. The Morgan fingerprint density at radius 2 is 1.93 bits per heavy atom. The van der Waals surface area contributed by atoms with E-state index in [-0.39, 0.29) is 24.0 Å². The first-order valence-corrected chi connectivity index (χ1v) is 3.76. The van der Waals surface area contributed by atoms with Gasteiger partial charge in [-0.1, -0.05) is 0 Å². The molecule has 0 aromatic heterocycles. The number of hydrogen-bond donors (Lipinski definition) is 4.